The fourth-order valence-corrected chi connectivity index (χ4v) is 6.66. The van der Waals surface area contributed by atoms with Gasteiger partial charge in [0.25, 0.3) is 5.56 Å². The number of hydrogen-bond acceptors (Lipinski definition) is 7. The lowest BCUT2D eigenvalue weighted by Gasteiger charge is -2.35. The van der Waals surface area contributed by atoms with Crippen molar-refractivity contribution in [3.8, 4) is 0 Å². The molecule has 4 heterocycles. The predicted octanol–water partition coefficient (Wildman–Crippen LogP) is 0.910. The first kappa shape index (κ1) is 20.2. The minimum atomic E-state index is -3.22. The number of para-hydroxylation sites is 1. The molecule has 2 fully saturated rings. The van der Waals surface area contributed by atoms with Crippen molar-refractivity contribution in [2.24, 2.45) is 0 Å². The van der Waals surface area contributed by atoms with Gasteiger partial charge in [0.2, 0.25) is 11.5 Å². The van der Waals surface area contributed by atoms with Crippen LogP contribution in [0.2, 0.25) is 0 Å². The number of hydrogen-bond donors (Lipinski definition) is 1. The Labute approximate surface area is 178 Å². The van der Waals surface area contributed by atoms with Crippen LogP contribution < -0.4 is 10.9 Å². The molecule has 0 spiro atoms. The van der Waals surface area contributed by atoms with Crippen LogP contribution in [0.5, 0.6) is 0 Å². The monoisotopic (exact) mass is 444 g/mol. The summed E-state index contributed by atoms with van der Waals surface area (Å²) in [4.78, 5) is 32.0. The zero-order chi connectivity index (χ0) is 21.6. The summed E-state index contributed by atoms with van der Waals surface area (Å²) in [5.74, 6) is -0.427. The molecule has 2 saturated heterocycles. The Morgan fingerprint density at radius 3 is 2.74 bits per heavy atom. The molecule has 1 amide bonds. The van der Waals surface area contributed by atoms with E-state index in [1.807, 2.05) is 18.2 Å². The highest BCUT2D eigenvalue weighted by Gasteiger charge is 2.41. The van der Waals surface area contributed by atoms with E-state index < -0.39 is 27.3 Å². The van der Waals surface area contributed by atoms with Crippen molar-refractivity contribution < 1.29 is 17.6 Å². The van der Waals surface area contributed by atoms with Crippen LogP contribution in [-0.2, 0) is 21.2 Å². The molecule has 2 aromatic heterocycles. The van der Waals surface area contributed by atoms with Gasteiger partial charge in [-0.25, -0.2) is 13.4 Å². The largest absolute Gasteiger partial charge is 0.448 e. The number of piperidine rings is 1. The van der Waals surface area contributed by atoms with Gasteiger partial charge in [-0.3, -0.25) is 19.1 Å². The van der Waals surface area contributed by atoms with Gasteiger partial charge in [0.05, 0.1) is 23.9 Å². The van der Waals surface area contributed by atoms with Crippen molar-refractivity contribution in [2.75, 3.05) is 24.6 Å². The van der Waals surface area contributed by atoms with Gasteiger partial charge in [0.15, 0.2) is 9.84 Å². The molecule has 1 aromatic carbocycles. The Morgan fingerprint density at radius 1 is 1.16 bits per heavy atom. The number of likely N-dealkylation sites (tertiary alicyclic amines) is 1. The van der Waals surface area contributed by atoms with Crippen LogP contribution in [0.15, 0.2) is 39.8 Å². The summed E-state index contributed by atoms with van der Waals surface area (Å²) in [5.41, 5.74) is 0.684. The Balaban J connectivity index is 1.36. The van der Waals surface area contributed by atoms with Gasteiger partial charge >= 0.3 is 0 Å². The number of amides is 1. The smallest absolute Gasteiger partial charge is 0.297 e. The average molecular weight is 445 g/mol. The van der Waals surface area contributed by atoms with E-state index in [0.29, 0.717) is 11.1 Å². The number of carbonyl (C=O) groups is 1. The van der Waals surface area contributed by atoms with Crippen LogP contribution in [0, 0.1) is 0 Å². The van der Waals surface area contributed by atoms with Gasteiger partial charge < -0.3 is 9.73 Å². The van der Waals surface area contributed by atoms with E-state index in [0.717, 1.165) is 37.7 Å². The van der Waals surface area contributed by atoms with Gasteiger partial charge in [0.1, 0.15) is 17.6 Å². The van der Waals surface area contributed by atoms with Crippen molar-refractivity contribution in [2.45, 2.75) is 37.9 Å². The van der Waals surface area contributed by atoms with E-state index >= 15 is 0 Å². The van der Waals surface area contributed by atoms with Gasteiger partial charge in [-0.2, -0.15) is 0 Å². The second kappa shape index (κ2) is 7.76. The number of carbonyl (C=O) groups excluding carboxylic acids is 1. The molecule has 2 atom stereocenters. The molecule has 2 aliphatic heterocycles. The first-order valence-corrected chi connectivity index (χ1v) is 12.3. The second-order valence-electron chi connectivity index (χ2n) is 8.37. The zero-order valence-corrected chi connectivity index (χ0v) is 17.8. The van der Waals surface area contributed by atoms with E-state index in [1.165, 1.54) is 10.9 Å². The number of sulfone groups is 1. The number of benzene rings is 1. The lowest BCUT2D eigenvalue weighted by atomic mass is 10.0. The summed E-state index contributed by atoms with van der Waals surface area (Å²) in [6.07, 6.45) is 4.55. The molecule has 9 nitrogen and oxygen atoms in total. The van der Waals surface area contributed by atoms with Crippen molar-refractivity contribution in [1.82, 2.24) is 19.8 Å². The van der Waals surface area contributed by atoms with Crippen LogP contribution in [0.4, 0.5) is 0 Å². The SMILES string of the molecule is O=C(Cn1cnc2c(oc3ccccc32)c1=O)NC1CS(=O)(=O)CC1N1CCCCC1. The fourth-order valence-electron chi connectivity index (χ4n) is 4.71. The highest BCUT2D eigenvalue weighted by Crippen LogP contribution is 2.24. The van der Waals surface area contributed by atoms with Crippen LogP contribution in [0.3, 0.4) is 0 Å². The van der Waals surface area contributed by atoms with Crippen molar-refractivity contribution in [3.05, 3.63) is 40.9 Å². The number of aromatic nitrogens is 2. The zero-order valence-electron chi connectivity index (χ0n) is 17.0. The third-order valence-electron chi connectivity index (χ3n) is 6.19. The van der Waals surface area contributed by atoms with Crippen molar-refractivity contribution in [1.29, 1.82) is 0 Å². The number of furan rings is 1. The molecule has 2 aliphatic rings. The number of fused-ring (bicyclic) bond motifs is 3. The molecule has 164 valence electrons. The number of nitrogens with zero attached hydrogens (tertiary/aromatic N) is 3. The third-order valence-corrected chi connectivity index (χ3v) is 7.91. The lowest BCUT2D eigenvalue weighted by Crippen LogP contribution is -2.53. The quantitative estimate of drug-likeness (QED) is 0.636. The normalized spacial score (nSPS) is 24.0. The molecular weight excluding hydrogens is 420 g/mol. The molecular formula is C21H24N4O5S. The van der Waals surface area contributed by atoms with Gasteiger partial charge in [0, 0.05) is 11.4 Å². The van der Waals surface area contributed by atoms with Crippen LogP contribution >= 0.6 is 0 Å². The predicted molar refractivity (Wildman–Crippen MR) is 116 cm³/mol. The van der Waals surface area contributed by atoms with E-state index in [1.54, 1.807) is 6.07 Å². The molecule has 0 saturated carbocycles. The van der Waals surface area contributed by atoms with E-state index in [-0.39, 0.29) is 29.7 Å². The average Bonchev–Trinajstić information content (AvgIpc) is 3.28. The minimum Gasteiger partial charge on any atom is -0.448 e. The van der Waals surface area contributed by atoms with Gasteiger partial charge in [-0.05, 0) is 38.1 Å². The summed E-state index contributed by atoms with van der Waals surface area (Å²) in [7, 11) is -3.22. The fraction of sp³-hybridized carbons (Fsp3) is 0.476. The summed E-state index contributed by atoms with van der Waals surface area (Å²) >= 11 is 0. The van der Waals surface area contributed by atoms with Gasteiger partial charge in [-0.1, -0.05) is 18.6 Å². The lowest BCUT2D eigenvalue weighted by molar-refractivity contribution is -0.122. The minimum absolute atomic E-state index is 0.0599. The summed E-state index contributed by atoms with van der Waals surface area (Å²) < 4.78 is 31.4. The van der Waals surface area contributed by atoms with Crippen molar-refractivity contribution in [3.63, 3.8) is 0 Å². The van der Waals surface area contributed by atoms with Crippen LogP contribution in [0.25, 0.3) is 22.1 Å². The molecule has 0 bridgehead atoms. The number of rotatable bonds is 4. The topological polar surface area (TPSA) is 115 Å². The van der Waals surface area contributed by atoms with Crippen LogP contribution in [-0.4, -0.2) is 65.5 Å². The molecule has 5 rings (SSSR count). The Kier molecular flexibility index (Phi) is 5.05. The Hall–Kier alpha value is -2.72. The highest BCUT2D eigenvalue weighted by atomic mass is 32.2. The summed E-state index contributed by atoms with van der Waals surface area (Å²) in [6.45, 7) is 1.44. The highest BCUT2D eigenvalue weighted by molar-refractivity contribution is 7.91. The molecule has 2 unspecified atom stereocenters. The summed E-state index contributed by atoms with van der Waals surface area (Å²) in [6, 6.07) is 6.54. The molecule has 1 N–H and O–H groups in total. The van der Waals surface area contributed by atoms with E-state index in [9.17, 15) is 18.0 Å². The van der Waals surface area contributed by atoms with Gasteiger partial charge in [-0.15, -0.1) is 0 Å². The van der Waals surface area contributed by atoms with Crippen molar-refractivity contribution >= 4 is 37.8 Å². The standard InChI is InChI=1S/C21H24N4O5S/c26-18(23-15-11-31(28,29)12-16(15)24-8-4-1-5-9-24)10-25-13-22-19-14-6-2-3-7-17(14)30-20(19)21(25)27/h2-3,6-7,13,15-16H,1,4-5,8-12H2,(H,23,26). The van der Waals surface area contributed by atoms with E-state index in [4.69, 9.17) is 4.42 Å². The maximum Gasteiger partial charge on any atom is 0.297 e. The third kappa shape index (κ3) is 3.85. The molecule has 0 radical (unpaired) electrons. The number of nitrogens with one attached hydrogen (secondary N) is 1. The molecule has 3 aromatic rings. The van der Waals surface area contributed by atoms with E-state index in [2.05, 4.69) is 15.2 Å². The maximum atomic E-state index is 12.8. The van der Waals surface area contributed by atoms with Crippen LogP contribution in [0.1, 0.15) is 19.3 Å². The Morgan fingerprint density at radius 2 is 1.94 bits per heavy atom. The maximum absolute atomic E-state index is 12.8. The molecule has 31 heavy (non-hydrogen) atoms. The molecule has 10 heteroatoms. The molecule has 0 aliphatic carbocycles. The Bertz CT molecular complexity index is 1310. The second-order valence-corrected chi connectivity index (χ2v) is 10.5. The first-order valence-electron chi connectivity index (χ1n) is 10.5. The summed E-state index contributed by atoms with van der Waals surface area (Å²) in [5, 5.41) is 3.60. The first-order chi connectivity index (χ1) is 14.9.